The van der Waals surface area contributed by atoms with Crippen LogP contribution in [-0.2, 0) is 16.3 Å². The number of hydrogen-bond donors (Lipinski definition) is 1. The Labute approximate surface area is 231 Å². The number of benzene rings is 3. The first-order valence-corrected chi connectivity index (χ1v) is 13.2. The first-order chi connectivity index (χ1) is 19.7. The van der Waals surface area contributed by atoms with E-state index in [1.165, 1.54) is 24.4 Å². The number of alkyl halides is 3. The third-order valence-corrected chi connectivity index (χ3v) is 7.74. The monoisotopic (exact) mass is 617 g/mol. The number of halogens is 8. The number of pyridine rings is 1. The minimum atomic E-state index is -5.17. The fraction of sp³-hybridized carbons (Fsp3) is 0.148. The van der Waals surface area contributed by atoms with E-state index >= 15 is 0 Å². The third-order valence-electron chi connectivity index (χ3n) is 6.53. The maximum absolute atomic E-state index is 14.0. The minimum absolute atomic E-state index is 0.0360. The number of rotatable bonds is 5. The minimum Gasteiger partial charge on any atom is -0.493 e. The van der Waals surface area contributed by atoms with Gasteiger partial charge in [-0.3, -0.25) is 4.79 Å². The Balaban J connectivity index is 1.56. The van der Waals surface area contributed by atoms with Crippen LogP contribution in [0.3, 0.4) is 0 Å². The summed E-state index contributed by atoms with van der Waals surface area (Å²) in [6.07, 6.45) is -3.20. The molecule has 1 aromatic heterocycles. The van der Waals surface area contributed by atoms with Gasteiger partial charge in [-0.1, -0.05) is 12.1 Å². The van der Waals surface area contributed by atoms with Gasteiger partial charge in [0.2, 0.25) is 40.4 Å². The largest absolute Gasteiger partial charge is 0.493 e. The van der Waals surface area contributed by atoms with E-state index in [0.717, 1.165) is 30.3 Å². The Morgan fingerprint density at radius 3 is 2.10 bits per heavy atom. The van der Waals surface area contributed by atoms with Crippen molar-refractivity contribution in [1.82, 2.24) is 4.98 Å². The highest BCUT2D eigenvalue weighted by Crippen LogP contribution is 2.44. The lowest BCUT2D eigenvalue weighted by atomic mass is 9.82. The van der Waals surface area contributed by atoms with Gasteiger partial charge >= 0.3 is 16.3 Å². The predicted octanol–water partition coefficient (Wildman–Crippen LogP) is 6.44. The highest BCUT2D eigenvalue weighted by atomic mass is 32.2. The summed E-state index contributed by atoms with van der Waals surface area (Å²) < 4.78 is 144. The van der Waals surface area contributed by atoms with Crippen molar-refractivity contribution in [3.05, 3.63) is 111 Å². The SMILES string of the molecule is O=c1ccc(-c2cc(C(F)(F)F)ccc2C2CCOc3cc(S(=O)(=O)Oc4c(F)c(F)c(F)c(F)c4F)ccc32)c[nH]1. The van der Waals surface area contributed by atoms with Crippen molar-refractivity contribution in [1.29, 1.82) is 0 Å². The van der Waals surface area contributed by atoms with Gasteiger partial charge in [-0.15, -0.1) is 0 Å². The Morgan fingerprint density at radius 1 is 0.833 bits per heavy atom. The molecule has 5 rings (SSSR count). The molecule has 0 saturated carbocycles. The molecule has 3 aromatic carbocycles. The quantitative estimate of drug-likeness (QED) is 0.121. The van der Waals surface area contributed by atoms with Crippen LogP contribution in [0.2, 0.25) is 0 Å². The van der Waals surface area contributed by atoms with Crippen molar-refractivity contribution in [2.45, 2.75) is 23.4 Å². The number of aromatic nitrogens is 1. The summed E-state index contributed by atoms with van der Waals surface area (Å²) in [5.41, 5.74) is -0.337. The average molecular weight is 617 g/mol. The maximum atomic E-state index is 14.0. The maximum Gasteiger partial charge on any atom is 0.416 e. The van der Waals surface area contributed by atoms with Gasteiger partial charge in [0.1, 0.15) is 10.6 Å². The highest BCUT2D eigenvalue weighted by Gasteiger charge is 2.35. The van der Waals surface area contributed by atoms with E-state index in [1.807, 2.05) is 0 Å². The van der Waals surface area contributed by atoms with Crippen molar-refractivity contribution in [3.8, 4) is 22.6 Å². The molecule has 42 heavy (non-hydrogen) atoms. The molecule has 1 atom stereocenters. The van der Waals surface area contributed by atoms with Gasteiger partial charge in [-0.2, -0.15) is 30.4 Å². The molecule has 1 aliphatic rings. The van der Waals surface area contributed by atoms with E-state index in [4.69, 9.17) is 4.74 Å². The number of hydrogen-bond acceptors (Lipinski definition) is 5. The van der Waals surface area contributed by atoms with E-state index in [2.05, 4.69) is 9.17 Å². The Kier molecular flexibility index (Phi) is 7.25. The van der Waals surface area contributed by atoms with E-state index in [1.54, 1.807) is 0 Å². The summed E-state index contributed by atoms with van der Waals surface area (Å²) in [5.74, 6) is -15.1. The van der Waals surface area contributed by atoms with Gasteiger partial charge in [0.25, 0.3) is 0 Å². The predicted molar refractivity (Wildman–Crippen MR) is 130 cm³/mol. The zero-order chi connectivity index (χ0) is 30.6. The average Bonchev–Trinajstić information content (AvgIpc) is 2.96. The van der Waals surface area contributed by atoms with Crippen molar-refractivity contribution in [2.24, 2.45) is 0 Å². The van der Waals surface area contributed by atoms with Gasteiger partial charge in [0.05, 0.1) is 12.2 Å². The molecule has 4 aromatic rings. The number of H-pyrrole nitrogens is 1. The standard InChI is InChI=1S/C27H15F8NO5S/c28-21-22(29)24(31)26(25(32)23(21)30)41-42(38,39)14-3-5-17-16(7-8-40-19(17)10-14)15-4-2-13(27(33,34)35)9-18(15)12-1-6-20(37)36-11-12/h1-6,9-11,16H,7-8H2,(H,36,37). The van der Waals surface area contributed by atoms with E-state index in [-0.39, 0.29) is 29.9 Å². The van der Waals surface area contributed by atoms with Crippen LogP contribution in [0.1, 0.15) is 29.0 Å². The van der Waals surface area contributed by atoms with Crippen LogP contribution < -0.4 is 14.5 Å². The molecule has 220 valence electrons. The zero-order valence-corrected chi connectivity index (χ0v) is 21.5. The molecule has 1 unspecified atom stereocenters. The second kappa shape index (κ2) is 10.5. The molecule has 0 aliphatic carbocycles. The molecule has 0 bridgehead atoms. The van der Waals surface area contributed by atoms with E-state index < -0.39 is 73.1 Å². The Morgan fingerprint density at radius 2 is 1.48 bits per heavy atom. The summed E-state index contributed by atoms with van der Waals surface area (Å²) in [6.45, 7) is -0.0360. The van der Waals surface area contributed by atoms with Crippen LogP contribution >= 0.6 is 0 Å². The van der Waals surface area contributed by atoms with Gasteiger partial charge in [-0.05, 0) is 47.4 Å². The lowest BCUT2D eigenvalue weighted by Crippen LogP contribution is -2.18. The van der Waals surface area contributed by atoms with Crippen molar-refractivity contribution < 1.29 is 52.5 Å². The molecule has 1 aliphatic heterocycles. The molecule has 0 saturated heterocycles. The number of aromatic amines is 1. The lowest BCUT2D eigenvalue weighted by Gasteiger charge is -2.28. The molecule has 0 amide bonds. The lowest BCUT2D eigenvalue weighted by molar-refractivity contribution is -0.137. The normalized spacial score (nSPS) is 15.2. The van der Waals surface area contributed by atoms with Gasteiger partial charge < -0.3 is 13.9 Å². The second-order valence-electron chi connectivity index (χ2n) is 9.07. The van der Waals surface area contributed by atoms with E-state index in [0.29, 0.717) is 11.1 Å². The second-order valence-corrected chi connectivity index (χ2v) is 10.6. The summed E-state index contributed by atoms with van der Waals surface area (Å²) >= 11 is 0. The van der Waals surface area contributed by atoms with Gasteiger partial charge in [-0.25, -0.2) is 13.2 Å². The fourth-order valence-electron chi connectivity index (χ4n) is 4.53. The molecule has 15 heteroatoms. The van der Waals surface area contributed by atoms with Crippen LogP contribution in [0, 0.1) is 29.1 Å². The summed E-state index contributed by atoms with van der Waals surface area (Å²) in [4.78, 5) is 13.2. The van der Waals surface area contributed by atoms with Crippen molar-refractivity contribution in [2.75, 3.05) is 6.61 Å². The fourth-order valence-corrected chi connectivity index (χ4v) is 5.48. The highest BCUT2D eigenvalue weighted by molar-refractivity contribution is 7.87. The molecule has 1 N–H and O–H groups in total. The Hall–Kier alpha value is -4.40. The first-order valence-electron chi connectivity index (χ1n) is 11.8. The van der Waals surface area contributed by atoms with Crippen LogP contribution in [0.4, 0.5) is 35.1 Å². The summed E-state index contributed by atoms with van der Waals surface area (Å²) in [5, 5.41) is 0. The summed E-state index contributed by atoms with van der Waals surface area (Å²) in [7, 11) is -5.17. The van der Waals surface area contributed by atoms with Gasteiger partial charge in [0.15, 0.2) is 0 Å². The van der Waals surface area contributed by atoms with Crippen LogP contribution in [0.5, 0.6) is 11.5 Å². The molecule has 6 nitrogen and oxygen atoms in total. The first kappa shape index (κ1) is 29.1. The molecule has 2 heterocycles. The molecular formula is C27H15F8NO5S. The van der Waals surface area contributed by atoms with Crippen molar-refractivity contribution in [3.63, 3.8) is 0 Å². The Bertz CT molecular complexity index is 1840. The number of ether oxygens (including phenoxy) is 1. The topological polar surface area (TPSA) is 85.5 Å². The molecule has 0 spiro atoms. The molecule has 0 fully saturated rings. The van der Waals surface area contributed by atoms with Crippen LogP contribution in [-0.4, -0.2) is 20.0 Å². The van der Waals surface area contributed by atoms with E-state index in [9.17, 15) is 48.3 Å². The molecule has 0 radical (unpaired) electrons. The van der Waals surface area contributed by atoms with Crippen LogP contribution in [0.25, 0.3) is 11.1 Å². The molecular weight excluding hydrogens is 602 g/mol. The van der Waals surface area contributed by atoms with Gasteiger partial charge in [0, 0.05) is 29.8 Å². The number of nitrogens with one attached hydrogen (secondary N) is 1. The summed E-state index contributed by atoms with van der Waals surface area (Å²) in [6, 6.07) is 8.55. The third kappa shape index (κ3) is 5.19. The van der Waals surface area contributed by atoms with Crippen molar-refractivity contribution >= 4 is 10.1 Å². The van der Waals surface area contributed by atoms with Crippen LogP contribution in [0.15, 0.2) is 64.4 Å². The zero-order valence-electron chi connectivity index (χ0n) is 20.7. The number of fused-ring (bicyclic) bond motifs is 1. The smallest absolute Gasteiger partial charge is 0.416 e.